The maximum absolute atomic E-state index is 14.3. The molecule has 1 aliphatic rings. The summed E-state index contributed by atoms with van der Waals surface area (Å²) in [4.78, 5) is 28.0. The normalized spacial score (nSPS) is 16.4. The van der Waals surface area contributed by atoms with Gasteiger partial charge in [-0.15, -0.1) is 11.3 Å². The van der Waals surface area contributed by atoms with E-state index in [2.05, 4.69) is 18.2 Å². The minimum Gasteiger partial charge on any atom is -0.496 e. The van der Waals surface area contributed by atoms with Crippen LogP contribution in [0.2, 0.25) is 0 Å². The van der Waals surface area contributed by atoms with Crippen molar-refractivity contribution in [2.75, 3.05) is 7.11 Å². The standard InChI is InChI=1S/C37H31FO3S/c1-23(39)35-20-19-29(42-35)18-15-26-9-6-12-32(37(26)41-2)33-21-27(24-13-16-28(38)17-14-24)22-34(33)36(40)31-11-5-8-25-7-3-4-10-30(25)31/h3-14,16-17,19-20,22,27,33H,15,18,21H2,1-2H3. The summed E-state index contributed by atoms with van der Waals surface area (Å²) in [6.07, 6.45) is 4.30. The molecular formula is C37H31FO3S. The minimum atomic E-state index is -0.278. The first-order chi connectivity index (χ1) is 20.4. The molecule has 1 aliphatic carbocycles. The van der Waals surface area contributed by atoms with E-state index in [4.69, 9.17) is 4.74 Å². The number of benzene rings is 4. The van der Waals surface area contributed by atoms with E-state index in [-0.39, 0.29) is 29.2 Å². The predicted molar refractivity (Wildman–Crippen MR) is 168 cm³/mol. The second-order valence-electron chi connectivity index (χ2n) is 10.8. The van der Waals surface area contributed by atoms with Gasteiger partial charge >= 0.3 is 0 Å². The van der Waals surface area contributed by atoms with Crippen LogP contribution in [0, 0.1) is 5.82 Å². The highest BCUT2D eigenvalue weighted by Gasteiger charge is 2.35. The summed E-state index contributed by atoms with van der Waals surface area (Å²) in [6, 6.07) is 30.5. The topological polar surface area (TPSA) is 43.4 Å². The monoisotopic (exact) mass is 574 g/mol. The zero-order chi connectivity index (χ0) is 29.2. The van der Waals surface area contributed by atoms with E-state index >= 15 is 0 Å². The average molecular weight is 575 g/mol. The van der Waals surface area contributed by atoms with Crippen LogP contribution in [-0.4, -0.2) is 18.7 Å². The third-order valence-corrected chi connectivity index (χ3v) is 9.44. The molecule has 6 rings (SSSR count). The smallest absolute Gasteiger partial charge is 0.189 e. The summed E-state index contributed by atoms with van der Waals surface area (Å²) in [5, 5.41) is 1.95. The number of methoxy groups -OCH3 is 1. The van der Waals surface area contributed by atoms with E-state index in [0.29, 0.717) is 12.0 Å². The largest absolute Gasteiger partial charge is 0.496 e. The van der Waals surface area contributed by atoms with Crippen LogP contribution in [-0.2, 0) is 12.8 Å². The molecule has 5 aromatic rings. The fraction of sp³-hybridized carbons (Fsp3) is 0.189. The molecule has 0 saturated heterocycles. The number of thiophene rings is 1. The van der Waals surface area contributed by atoms with E-state index in [1.165, 1.54) is 23.5 Å². The molecule has 4 aromatic carbocycles. The number of para-hydroxylation sites is 1. The van der Waals surface area contributed by atoms with Gasteiger partial charge in [0.1, 0.15) is 11.6 Å². The number of rotatable bonds is 9. The number of allylic oxidation sites excluding steroid dienone is 2. The summed E-state index contributed by atoms with van der Waals surface area (Å²) < 4.78 is 19.8. The molecule has 0 saturated carbocycles. The van der Waals surface area contributed by atoms with Gasteiger partial charge in [0.2, 0.25) is 0 Å². The molecule has 0 amide bonds. The SMILES string of the molecule is COc1c(CCc2ccc(C(C)=O)s2)cccc1C1CC(c2ccc(F)cc2)C=C1C(=O)c1cccc2ccccc12. The first kappa shape index (κ1) is 27.8. The number of Topliss-reactive ketones (excluding diaryl/α,β-unsaturated/α-hetero) is 2. The second kappa shape index (κ2) is 11.9. The van der Waals surface area contributed by atoms with Crippen LogP contribution < -0.4 is 4.74 Å². The quantitative estimate of drug-likeness (QED) is 0.165. The molecule has 0 spiro atoms. The Hall–Kier alpha value is -4.35. The fourth-order valence-electron chi connectivity index (χ4n) is 6.12. The lowest BCUT2D eigenvalue weighted by Crippen LogP contribution is -2.12. The zero-order valence-electron chi connectivity index (χ0n) is 23.6. The van der Waals surface area contributed by atoms with Gasteiger partial charge in [0.25, 0.3) is 0 Å². The molecule has 2 unspecified atom stereocenters. The third-order valence-electron chi connectivity index (χ3n) is 8.20. The van der Waals surface area contributed by atoms with Gasteiger partial charge in [0.05, 0.1) is 12.0 Å². The van der Waals surface area contributed by atoms with Crippen LogP contribution in [0.3, 0.4) is 0 Å². The summed E-state index contributed by atoms with van der Waals surface area (Å²) >= 11 is 1.53. The van der Waals surface area contributed by atoms with E-state index in [1.54, 1.807) is 14.0 Å². The number of hydrogen-bond acceptors (Lipinski definition) is 4. The molecule has 210 valence electrons. The highest BCUT2D eigenvalue weighted by atomic mass is 32.1. The number of hydrogen-bond donors (Lipinski definition) is 0. The summed E-state index contributed by atoms with van der Waals surface area (Å²) in [5.41, 5.74) is 4.44. The molecule has 3 nitrogen and oxygen atoms in total. The van der Waals surface area contributed by atoms with Gasteiger partial charge in [-0.1, -0.05) is 78.9 Å². The van der Waals surface area contributed by atoms with Crippen LogP contribution >= 0.6 is 11.3 Å². The van der Waals surface area contributed by atoms with Crippen molar-refractivity contribution in [1.29, 1.82) is 0 Å². The molecule has 0 N–H and O–H groups in total. The van der Waals surface area contributed by atoms with Crippen molar-refractivity contribution >= 4 is 33.7 Å². The number of halogens is 1. The molecule has 0 radical (unpaired) electrons. The molecule has 0 aliphatic heterocycles. The van der Waals surface area contributed by atoms with Crippen LogP contribution in [0.25, 0.3) is 10.8 Å². The Labute approximate surface area is 249 Å². The Bertz CT molecular complexity index is 1810. The zero-order valence-corrected chi connectivity index (χ0v) is 24.4. The minimum absolute atomic E-state index is 0.00390. The van der Waals surface area contributed by atoms with Gasteiger partial charge in [-0.3, -0.25) is 9.59 Å². The lowest BCUT2D eigenvalue weighted by Gasteiger charge is -2.21. The Morgan fingerprint density at radius 1 is 0.881 bits per heavy atom. The van der Waals surface area contributed by atoms with Gasteiger partial charge in [0.15, 0.2) is 11.6 Å². The number of ketones is 2. The third kappa shape index (κ3) is 5.45. The number of fused-ring (bicyclic) bond motifs is 1. The lowest BCUT2D eigenvalue weighted by molar-refractivity contribution is 0.101. The van der Waals surface area contributed by atoms with Gasteiger partial charge in [0, 0.05) is 33.4 Å². The fourth-order valence-corrected chi connectivity index (χ4v) is 7.02. The van der Waals surface area contributed by atoms with E-state index in [9.17, 15) is 14.0 Å². The van der Waals surface area contributed by atoms with Crippen molar-refractivity contribution < 1.29 is 18.7 Å². The Morgan fingerprint density at radius 3 is 2.40 bits per heavy atom. The molecule has 42 heavy (non-hydrogen) atoms. The lowest BCUT2D eigenvalue weighted by atomic mass is 9.84. The van der Waals surface area contributed by atoms with Crippen LogP contribution in [0.15, 0.2) is 109 Å². The van der Waals surface area contributed by atoms with E-state index < -0.39 is 0 Å². The average Bonchev–Trinajstić information content (AvgIpc) is 3.68. The Balaban J connectivity index is 1.38. The Kier molecular flexibility index (Phi) is 7.86. The predicted octanol–water partition coefficient (Wildman–Crippen LogP) is 9.12. The Morgan fingerprint density at radius 2 is 1.64 bits per heavy atom. The van der Waals surface area contributed by atoms with E-state index in [1.807, 2.05) is 72.8 Å². The molecule has 0 bridgehead atoms. The van der Waals surface area contributed by atoms with Crippen molar-refractivity contribution in [3.63, 3.8) is 0 Å². The van der Waals surface area contributed by atoms with Crippen molar-refractivity contribution in [2.24, 2.45) is 0 Å². The first-order valence-corrected chi connectivity index (χ1v) is 15.0. The number of aryl methyl sites for hydroxylation is 2. The van der Waals surface area contributed by atoms with Crippen LogP contribution in [0.1, 0.15) is 66.8 Å². The maximum Gasteiger partial charge on any atom is 0.189 e. The van der Waals surface area contributed by atoms with Gasteiger partial charge < -0.3 is 4.74 Å². The molecule has 1 aromatic heterocycles. The highest BCUT2D eigenvalue weighted by molar-refractivity contribution is 7.14. The van der Waals surface area contributed by atoms with Crippen molar-refractivity contribution in [2.45, 2.75) is 38.0 Å². The van der Waals surface area contributed by atoms with Crippen LogP contribution in [0.4, 0.5) is 4.39 Å². The summed E-state index contributed by atoms with van der Waals surface area (Å²) in [7, 11) is 1.68. The molecular weight excluding hydrogens is 543 g/mol. The first-order valence-electron chi connectivity index (χ1n) is 14.2. The van der Waals surface area contributed by atoms with E-state index in [0.717, 1.165) is 61.4 Å². The highest BCUT2D eigenvalue weighted by Crippen LogP contribution is 2.48. The summed E-state index contributed by atoms with van der Waals surface area (Å²) in [5.74, 6) is 0.380. The van der Waals surface area contributed by atoms with Gasteiger partial charge in [-0.2, -0.15) is 0 Å². The number of ether oxygens (including phenoxy) is 1. The van der Waals surface area contributed by atoms with Crippen molar-refractivity contribution in [3.05, 3.63) is 147 Å². The van der Waals surface area contributed by atoms with Gasteiger partial charge in [-0.25, -0.2) is 4.39 Å². The van der Waals surface area contributed by atoms with Gasteiger partial charge in [-0.05, 0) is 72.4 Å². The molecule has 0 fully saturated rings. The molecule has 5 heteroatoms. The summed E-state index contributed by atoms with van der Waals surface area (Å²) in [6.45, 7) is 1.59. The number of carbonyl (C=O) groups is 2. The number of carbonyl (C=O) groups excluding carboxylic acids is 2. The molecule has 1 heterocycles. The van der Waals surface area contributed by atoms with Crippen LogP contribution in [0.5, 0.6) is 5.75 Å². The second-order valence-corrected chi connectivity index (χ2v) is 12.0. The van der Waals surface area contributed by atoms with Crippen molar-refractivity contribution in [3.8, 4) is 5.75 Å². The maximum atomic E-state index is 14.3. The molecule has 2 atom stereocenters. The van der Waals surface area contributed by atoms with Crippen molar-refractivity contribution in [1.82, 2.24) is 0 Å².